The minimum absolute atomic E-state index is 0.0900. The molecule has 114 valence electrons. The van der Waals surface area contributed by atoms with Gasteiger partial charge in [0.15, 0.2) is 5.78 Å². The summed E-state index contributed by atoms with van der Waals surface area (Å²) in [7, 11) is 0.0545. The lowest BCUT2D eigenvalue weighted by Gasteiger charge is -2.04. The molecule has 6 nitrogen and oxygen atoms in total. The van der Waals surface area contributed by atoms with Gasteiger partial charge in [-0.2, -0.15) is 0 Å². The molecule has 0 bridgehead atoms. The molecule has 2 aromatic rings. The van der Waals surface area contributed by atoms with Crippen molar-refractivity contribution < 1.29 is 18.7 Å². The number of methoxy groups -OCH3 is 1. The molecule has 0 fully saturated rings. The number of ether oxygens (including phenoxy) is 1. The molecule has 0 aliphatic heterocycles. The van der Waals surface area contributed by atoms with Crippen LogP contribution in [0, 0.1) is 10.1 Å². The van der Waals surface area contributed by atoms with Crippen LogP contribution in [0.4, 0.5) is 5.69 Å². The average molecular weight is 319 g/mol. The van der Waals surface area contributed by atoms with Crippen LogP contribution in [0.25, 0.3) is 0 Å². The van der Waals surface area contributed by atoms with Gasteiger partial charge in [-0.1, -0.05) is 0 Å². The third-order valence-electron chi connectivity index (χ3n) is 2.98. The maximum atomic E-state index is 12.1. The van der Waals surface area contributed by atoms with Gasteiger partial charge in [-0.05, 0) is 36.4 Å². The molecule has 1 atom stereocenters. The van der Waals surface area contributed by atoms with Crippen molar-refractivity contribution in [3.05, 3.63) is 64.2 Å². The Morgan fingerprint density at radius 3 is 2.23 bits per heavy atom. The van der Waals surface area contributed by atoms with Gasteiger partial charge in [0, 0.05) is 22.6 Å². The highest BCUT2D eigenvalue weighted by atomic mass is 32.2. The van der Waals surface area contributed by atoms with Crippen LogP contribution in [0.1, 0.15) is 10.4 Å². The van der Waals surface area contributed by atoms with Crippen molar-refractivity contribution in [2.24, 2.45) is 0 Å². The Morgan fingerprint density at radius 1 is 1.14 bits per heavy atom. The number of hydrogen-bond acceptors (Lipinski definition) is 5. The molecule has 0 aliphatic carbocycles. The fraction of sp³-hybridized carbons (Fsp3) is 0.133. The number of Topliss-reactive ketones (excluding diaryl/α,β-unsaturated/α-hetero) is 1. The van der Waals surface area contributed by atoms with Crippen molar-refractivity contribution in [2.75, 3.05) is 12.9 Å². The van der Waals surface area contributed by atoms with E-state index in [0.717, 1.165) is 0 Å². The van der Waals surface area contributed by atoms with Crippen LogP contribution in [0.3, 0.4) is 0 Å². The van der Waals surface area contributed by atoms with Crippen LogP contribution in [0.2, 0.25) is 0 Å². The van der Waals surface area contributed by atoms with Gasteiger partial charge in [-0.25, -0.2) is 0 Å². The van der Waals surface area contributed by atoms with Crippen molar-refractivity contribution in [3.8, 4) is 5.75 Å². The van der Waals surface area contributed by atoms with Gasteiger partial charge in [0.2, 0.25) is 0 Å². The number of benzene rings is 2. The summed E-state index contributed by atoms with van der Waals surface area (Å²) in [5.74, 6) is 0.135. The van der Waals surface area contributed by atoms with E-state index < -0.39 is 15.7 Å². The van der Waals surface area contributed by atoms with E-state index >= 15 is 0 Å². The molecule has 0 saturated carbocycles. The minimum atomic E-state index is -1.48. The number of ketones is 1. The lowest BCUT2D eigenvalue weighted by atomic mass is 10.1. The molecule has 0 heterocycles. The maximum absolute atomic E-state index is 12.1. The summed E-state index contributed by atoms with van der Waals surface area (Å²) in [5, 5.41) is 10.6. The van der Waals surface area contributed by atoms with E-state index in [2.05, 4.69) is 0 Å². The van der Waals surface area contributed by atoms with Gasteiger partial charge in [0.1, 0.15) is 5.75 Å². The Hall–Kier alpha value is -2.54. The van der Waals surface area contributed by atoms with Gasteiger partial charge >= 0.3 is 0 Å². The van der Waals surface area contributed by atoms with E-state index in [1.54, 1.807) is 24.3 Å². The minimum Gasteiger partial charge on any atom is -0.497 e. The predicted octanol–water partition coefficient (Wildman–Crippen LogP) is 2.59. The Morgan fingerprint density at radius 2 is 1.73 bits per heavy atom. The van der Waals surface area contributed by atoms with Gasteiger partial charge in [0.05, 0.1) is 28.6 Å². The van der Waals surface area contributed by atoms with Gasteiger partial charge < -0.3 is 4.74 Å². The largest absolute Gasteiger partial charge is 0.497 e. The number of non-ortho nitro benzene ring substituents is 1. The first kappa shape index (κ1) is 15.8. The zero-order valence-corrected chi connectivity index (χ0v) is 12.5. The maximum Gasteiger partial charge on any atom is 0.269 e. The van der Waals surface area contributed by atoms with Gasteiger partial charge in [0.25, 0.3) is 5.69 Å². The number of carbonyl (C=O) groups is 1. The van der Waals surface area contributed by atoms with Crippen LogP contribution in [0.15, 0.2) is 53.4 Å². The standard InChI is InChI=1S/C15H13NO5S/c1-21-13-6-8-14(9-7-13)22(20)10-15(17)11-2-4-12(5-3-11)16(18)19/h2-9H,10H2,1H3/t22-/m0/s1. The molecular weight excluding hydrogens is 306 g/mol. The van der Waals surface area contributed by atoms with Crippen molar-refractivity contribution in [3.63, 3.8) is 0 Å². The summed E-state index contributed by atoms with van der Waals surface area (Å²) in [4.78, 5) is 22.6. The Labute approximate surface area is 129 Å². The first-order chi connectivity index (χ1) is 10.5. The van der Waals surface area contributed by atoms with Crippen LogP contribution in [0.5, 0.6) is 5.75 Å². The van der Waals surface area contributed by atoms with Crippen LogP contribution in [-0.4, -0.2) is 27.8 Å². The molecule has 0 N–H and O–H groups in total. The zero-order valence-electron chi connectivity index (χ0n) is 11.7. The third-order valence-corrected chi connectivity index (χ3v) is 4.31. The molecule has 0 aliphatic rings. The van der Waals surface area contributed by atoms with E-state index in [4.69, 9.17) is 4.74 Å². The van der Waals surface area contributed by atoms with E-state index in [9.17, 15) is 19.1 Å². The first-order valence-electron chi connectivity index (χ1n) is 6.31. The summed E-state index contributed by atoms with van der Waals surface area (Å²) in [6, 6.07) is 11.9. The molecule has 2 aromatic carbocycles. The summed E-state index contributed by atoms with van der Waals surface area (Å²) in [6.45, 7) is 0. The number of nitrogens with zero attached hydrogens (tertiary/aromatic N) is 1. The molecule has 0 unspecified atom stereocenters. The fourth-order valence-corrected chi connectivity index (χ4v) is 2.79. The average Bonchev–Trinajstić information content (AvgIpc) is 2.54. The van der Waals surface area contributed by atoms with Crippen molar-refractivity contribution in [2.45, 2.75) is 4.90 Å². The van der Waals surface area contributed by atoms with Crippen LogP contribution in [-0.2, 0) is 10.8 Å². The molecule has 0 aromatic heterocycles. The second kappa shape index (κ2) is 6.95. The zero-order chi connectivity index (χ0) is 16.1. The lowest BCUT2D eigenvalue weighted by molar-refractivity contribution is -0.384. The van der Waals surface area contributed by atoms with E-state index in [1.165, 1.54) is 31.4 Å². The quantitative estimate of drug-likeness (QED) is 0.464. The van der Waals surface area contributed by atoms with Crippen LogP contribution >= 0.6 is 0 Å². The summed E-state index contributed by atoms with van der Waals surface area (Å²) >= 11 is 0. The number of rotatable bonds is 6. The molecule has 0 amide bonds. The van der Waals surface area contributed by atoms with Gasteiger partial charge in [-0.3, -0.25) is 19.1 Å². The highest BCUT2D eigenvalue weighted by molar-refractivity contribution is 7.85. The summed E-state index contributed by atoms with van der Waals surface area (Å²) < 4.78 is 17.2. The molecule has 0 radical (unpaired) electrons. The molecule has 0 saturated heterocycles. The third kappa shape index (κ3) is 3.76. The first-order valence-corrected chi connectivity index (χ1v) is 7.63. The molecule has 7 heteroatoms. The predicted molar refractivity (Wildman–Crippen MR) is 81.7 cm³/mol. The highest BCUT2D eigenvalue weighted by Gasteiger charge is 2.14. The SMILES string of the molecule is COc1ccc([S@@](=O)CC(=O)c2ccc([N+](=O)[O-])cc2)cc1. The van der Waals surface area contributed by atoms with Crippen molar-refractivity contribution in [1.82, 2.24) is 0 Å². The van der Waals surface area contributed by atoms with E-state index in [-0.39, 0.29) is 17.2 Å². The Balaban J connectivity index is 2.06. The Kier molecular flexibility index (Phi) is 5.00. The summed E-state index contributed by atoms with van der Waals surface area (Å²) in [6.07, 6.45) is 0. The van der Waals surface area contributed by atoms with Gasteiger partial charge in [-0.15, -0.1) is 0 Å². The Bertz CT molecular complexity index is 710. The normalized spacial score (nSPS) is 11.7. The van der Waals surface area contributed by atoms with Crippen LogP contribution < -0.4 is 4.74 Å². The highest BCUT2D eigenvalue weighted by Crippen LogP contribution is 2.16. The number of hydrogen-bond donors (Lipinski definition) is 0. The number of nitro groups is 1. The monoisotopic (exact) mass is 319 g/mol. The molecular formula is C15H13NO5S. The number of carbonyl (C=O) groups excluding carboxylic acids is 1. The second-order valence-corrected chi connectivity index (χ2v) is 5.84. The van der Waals surface area contributed by atoms with E-state index in [1.807, 2.05) is 0 Å². The molecule has 22 heavy (non-hydrogen) atoms. The molecule has 2 rings (SSSR count). The smallest absolute Gasteiger partial charge is 0.269 e. The lowest BCUT2D eigenvalue weighted by Crippen LogP contribution is -2.11. The summed E-state index contributed by atoms with van der Waals surface area (Å²) in [5.41, 5.74) is 0.209. The fourth-order valence-electron chi connectivity index (χ4n) is 1.78. The van der Waals surface area contributed by atoms with Crippen molar-refractivity contribution in [1.29, 1.82) is 0 Å². The second-order valence-electron chi connectivity index (χ2n) is 4.39. The van der Waals surface area contributed by atoms with Crippen molar-refractivity contribution >= 4 is 22.3 Å². The van der Waals surface area contributed by atoms with E-state index in [0.29, 0.717) is 16.2 Å². The topological polar surface area (TPSA) is 86.5 Å². The number of nitro benzene ring substituents is 1. The molecule has 0 spiro atoms.